The molecule has 3 rings (SSSR count). The van der Waals surface area contributed by atoms with Crippen LogP contribution < -0.4 is 5.32 Å². The average Bonchev–Trinajstić information content (AvgIpc) is 2.78. The summed E-state index contributed by atoms with van der Waals surface area (Å²) in [5, 5.41) is 2.68. The Labute approximate surface area is 170 Å². The molecule has 6 nitrogen and oxygen atoms in total. The molecule has 1 aliphatic heterocycles. The normalized spacial score (nSPS) is 16.2. The minimum absolute atomic E-state index is 0.0885. The van der Waals surface area contributed by atoms with E-state index in [2.05, 4.69) is 5.32 Å². The lowest BCUT2D eigenvalue weighted by Crippen LogP contribution is -2.46. The molecule has 2 aromatic carbocycles. The van der Waals surface area contributed by atoms with E-state index < -0.39 is 0 Å². The summed E-state index contributed by atoms with van der Waals surface area (Å²) in [7, 11) is 0. The minimum atomic E-state index is -0.295. The van der Waals surface area contributed by atoms with E-state index in [4.69, 9.17) is 4.74 Å². The highest BCUT2D eigenvalue weighted by molar-refractivity contribution is 5.96. The fourth-order valence-corrected chi connectivity index (χ4v) is 3.47. The van der Waals surface area contributed by atoms with Gasteiger partial charge in [0, 0.05) is 18.7 Å². The first-order valence-electron chi connectivity index (χ1n) is 9.96. The smallest absolute Gasteiger partial charge is 0.310 e. The van der Waals surface area contributed by atoms with Crippen molar-refractivity contribution in [3.8, 4) is 11.1 Å². The molecule has 6 heteroatoms. The van der Waals surface area contributed by atoms with Gasteiger partial charge in [-0.05, 0) is 43.0 Å². The molecule has 0 bridgehead atoms. The average molecular weight is 394 g/mol. The SMILES string of the molecule is CCOC(=O)C1CCCN(C(=O)CNC(=O)c2ccc(-c3ccccc3)cc2)C1. The number of ether oxygens (including phenoxy) is 1. The number of likely N-dealkylation sites (tertiary alicyclic amines) is 1. The zero-order valence-electron chi connectivity index (χ0n) is 16.6. The maximum absolute atomic E-state index is 12.5. The monoisotopic (exact) mass is 394 g/mol. The van der Waals surface area contributed by atoms with Crippen LogP contribution in [0.2, 0.25) is 0 Å². The van der Waals surface area contributed by atoms with Gasteiger partial charge in [0.1, 0.15) is 0 Å². The van der Waals surface area contributed by atoms with E-state index >= 15 is 0 Å². The van der Waals surface area contributed by atoms with Crippen LogP contribution in [0.15, 0.2) is 54.6 Å². The predicted molar refractivity (Wildman–Crippen MR) is 110 cm³/mol. The molecule has 1 fully saturated rings. The molecular weight excluding hydrogens is 368 g/mol. The predicted octanol–water partition coefficient (Wildman–Crippen LogP) is 2.89. The number of nitrogens with one attached hydrogen (secondary N) is 1. The molecule has 0 radical (unpaired) electrons. The molecule has 0 saturated carbocycles. The van der Waals surface area contributed by atoms with Crippen molar-refractivity contribution in [1.29, 1.82) is 0 Å². The Kier molecular flexibility index (Phi) is 7.00. The molecule has 2 amide bonds. The van der Waals surface area contributed by atoms with Crippen LogP contribution in [0.5, 0.6) is 0 Å². The number of nitrogens with zero attached hydrogens (tertiary/aromatic N) is 1. The maximum atomic E-state index is 12.5. The Morgan fingerprint density at radius 3 is 2.41 bits per heavy atom. The first-order chi connectivity index (χ1) is 14.1. The molecule has 1 heterocycles. The van der Waals surface area contributed by atoms with E-state index in [-0.39, 0.29) is 30.2 Å². The summed E-state index contributed by atoms with van der Waals surface area (Å²) in [5.74, 6) is -1.02. The van der Waals surface area contributed by atoms with Gasteiger partial charge < -0.3 is 15.0 Å². The first-order valence-corrected chi connectivity index (χ1v) is 9.96. The Bertz CT molecular complexity index is 849. The largest absolute Gasteiger partial charge is 0.466 e. The van der Waals surface area contributed by atoms with Crippen molar-refractivity contribution in [2.24, 2.45) is 5.92 Å². The molecule has 1 saturated heterocycles. The summed E-state index contributed by atoms with van der Waals surface area (Å²) in [6, 6.07) is 17.2. The van der Waals surface area contributed by atoms with E-state index in [0.29, 0.717) is 25.3 Å². The fraction of sp³-hybridized carbons (Fsp3) is 0.348. The van der Waals surface area contributed by atoms with E-state index in [0.717, 1.165) is 24.0 Å². The Balaban J connectivity index is 1.52. The highest BCUT2D eigenvalue weighted by atomic mass is 16.5. The Morgan fingerprint density at radius 2 is 1.72 bits per heavy atom. The van der Waals surface area contributed by atoms with Crippen LogP contribution in [0.25, 0.3) is 11.1 Å². The van der Waals surface area contributed by atoms with E-state index in [1.54, 1.807) is 24.0 Å². The molecule has 0 aromatic heterocycles. The van der Waals surface area contributed by atoms with Crippen molar-refractivity contribution >= 4 is 17.8 Å². The summed E-state index contributed by atoms with van der Waals surface area (Å²) in [6.45, 7) is 2.96. The molecule has 1 N–H and O–H groups in total. The van der Waals surface area contributed by atoms with Gasteiger partial charge in [-0.15, -0.1) is 0 Å². The molecule has 152 valence electrons. The number of carbonyl (C=O) groups is 3. The van der Waals surface area contributed by atoms with E-state index in [1.807, 2.05) is 42.5 Å². The summed E-state index contributed by atoms with van der Waals surface area (Å²) in [5.41, 5.74) is 2.60. The van der Waals surface area contributed by atoms with Crippen LogP contribution in [-0.2, 0) is 14.3 Å². The molecular formula is C23H26N2O4. The second kappa shape index (κ2) is 9.87. The summed E-state index contributed by atoms with van der Waals surface area (Å²) < 4.78 is 5.06. The van der Waals surface area contributed by atoms with Crippen LogP contribution in [0, 0.1) is 5.92 Å². The highest BCUT2D eigenvalue weighted by Crippen LogP contribution is 2.20. The van der Waals surface area contributed by atoms with Crippen LogP contribution in [0.4, 0.5) is 0 Å². The third-order valence-corrected chi connectivity index (χ3v) is 5.05. The van der Waals surface area contributed by atoms with Gasteiger partial charge in [-0.3, -0.25) is 14.4 Å². The van der Waals surface area contributed by atoms with Crippen molar-refractivity contribution < 1.29 is 19.1 Å². The Morgan fingerprint density at radius 1 is 1.03 bits per heavy atom. The summed E-state index contributed by atoms with van der Waals surface area (Å²) >= 11 is 0. The van der Waals surface area contributed by atoms with Crippen molar-refractivity contribution in [3.63, 3.8) is 0 Å². The van der Waals surface area contributed by atoms with Gasteiger partial charge in [0.05, 0.1) is 19.1 Å². The molecule has 1 atom stereocenters. The van der Waals surface area contributed by atoms with Crippen LogP contribution in [-0.4, -0.2) is 48.9 Å². The Hall–Kier alpha value is -3.15. The number of carbonyl (C=O) groups excluding carboxylic acids is 3. The standard InChI is InChI=1S/C23H26N2O4/c1-2-29-23(28)20-9-6-14-25(16-20)21(26)15-24-22(27)19-12-10-18(11-13-19)17-7-4-3-5-8-17/h3-5,7-8,10-13,20H,2,6,9,14-16H2,1H3,(H,24,27). The van der Waals surface area contributed by atoms with Crippen molar-refractivity contribution in [2.45, 2.75) is 19.8 Å². The van der Waals surface area contributed by atoms with Crippen molar-refractivity contribution in [2.75, 3.05) is 26.2 Å². The number of esters is 1. The third kappa shape index (κ3) is 5.44. The number of amides is 2. The second-order valence-corrected chi connectivity index (χ2v) is 7.06. The molecule has 1 aliphatic rings. The van der Waals surface area contributed by atoms with Crippen molar-refractivity contribution in [1.82, 2.24) is 10.2 Å². The first kappa shape index (κ1) is 20.6. The molecule has 0 spiro atoms. The van der Waals surface area contributed by atoms with Gasteiger partial charge in [-0.1, -0.05) is 42.5 Å². The zero-order chi connectivity index (χ0) is 20.6. The molecule has 29 heavy (non-hydrogen) atoms. The van der Waals surface area contributed by atoms with E-state index in [9.17, 15) is 14.4 Å². The topological polar surface area (TPSA) is 75.7 Å². The zero-order valence-corrected chi connectivity index (χ0v) is 16.6. The minimum Gasteiger partial charge on any atom is -0.466 e. The highest BCUT2D eigenvalue weighted by Gasteiger charge is 2.29. The number of benzene rings is 2. The lowest BCUT2D eigenvalue weighted by molar-refractivity contribution is -0.151. The number of hydrogen-bond donors (Lipinski definition) is 1. The second-order valence-electron chi connectivity index (χ2n) is 7.06. The molecule has 2 aromatic rings. The van der Waals surface area contributed by atoms with Gasteiger partial charge >= 0.3 is 5.97 Å². The number of hydrogen-bond acceptors (Lipinski definition) is 4. The van der Waals surface area contributed by atoms with Gasteiger partial charge in [-0.2, -0.15) is 0 Å². The van der Waals surface area contributed by atoms with E-state index in [1.165, 1.54) is 0 Å². The fourth-order valence-electron chi connectivity index (χ4n) is 3.47. The summed E-state index contributed by atoms with van der Waals surface area (Å²) in [4.78, 5) is 38.4. The molecule has 1 unspecified atom stereocenters. The number of piperidine rings is 1. The van der Waals surface area contributed by atoms with Crippen LogP contribution >= 0.6 is 0 Å². The third-order valence-electron chi connectivity index (χ3n) is 5.05. The van der Waals surface area contributed by atoms with Crippen LogP contribution in [0.3, 0.4) is 0 Å². The van der Waals surface area contributed by atoms with Gasteiger partial charge in [0.25, 0.3) is 5.91 Å². The van der Waals surface area contributed by atoms with Gasteiger partial charge in [0.15, 0.2) is 0 Å². The van der Waals surface area contributed by atoms with Crippen LogP contribution in [0.1, 0.15) is 30.1 Å². The molecule has 0 aliphatic carbocycles. The lowest BCUT2D eigenvalue weighted by atomic mass is 9.98. The maximum Gasteiger partial charge on any atom is 0.310 e. The van der Waals surface area contributed by atoms with Crippen molar-refractivity contribution in [3.05, 3.63) is 60.2 Å². The number of rotatable bonds is 6. The quantitative estimate of drug-likeness (QED) is 0.765. The van der Waals surface area contributed by atoms with Gasteiger partial charge in [0.2, 0.25) is 5.91 Å². The summed E-state index contributed by atoms with van der Waals surface area (Å²) in [6.07, 6.45) is 1.48. The lowest BCUT2D eigenvalue weighted by Gasteiger charge is -2.31. The van der Waals surface area contributed by atoms with Gasteiger partial charge in [-0.25, -0.2) is 0 Å².